The molecule has 3 amide bonds. The second-order valence-electron chi connectivity index (χ2n) is 6.43. The fraction of sp³-hybridized carbons (Fsp3) is 0.250. The molecule has 8 heteroatoms. The highest BCUT2D eigenvalue weighted by atomic mass is 35.5. The smallest absolute Gasteiger partial charge is 0.269 e. The molecule has 0 aliphatic heterocycles. The predicted octanol–water partition coefficient (Wildman–Crippen LogP) is 2.92. The third kappa shape index (κ3) is 6.28. The number of benzene rings is 2. The number of hydrogen-bond donors (Lipinski definition) is 3. The molecule has 0 aromatic heterocycles. The van der Waals surface area contributed by atoms with Crippen LogP contribution in [-0.4, -0.2) is 24.3 Å². The van der Waals surface area contributed by atoms with Gasteiger partial charge in [0.25, 0.3) is 11.8 Å². The minimum atomic E-state index is -0.474. The first-order valence-corrected chi connectivity index (χ1v) is 10.2. The first-order chi connectivity index (χ1) is 13.5. The number of halogens is 1. The average Bonchev–Trinajstić information content (AvgIpc) is 3.55. The molecular weight excluding hydrogens is 398 g/mol. The van der Waals surface area contributed by atoms with Gasteiger partial charge in [-0.3, -0.25) is 25.2 Å². The highest BCUT2D eigenvalue weighted by Crippen LogP contribution is 2.28. The van der Waals surface area contributed by atoms with Crippen LogP contribution >= 0.6 is 23.4 Å². The van der Waals surface area contributed by atoms with E-state index in [0.717, 1.165) is 29.1 Å². The highest BCUT2D eigenvalue weighted by Gasteiger charge is 2.29. The number of carbonyl (C=O) groups is 3. The van der Waals surface area contributed by atoms with E-state index in [1.807, 2.05) is 36.4 Å². The van der Waals surface area contributed by atoms with E-state index in [-0.39, 0.29) is 18.4 Å². The number of hydrogen-bond acceptors (Lipinski definition) is 4. The summed E-state index contributed by atoms with van der Waals surface area (Å²) in [5.74, 6) is -0.203. The summed E-state index contributed by atoms with van der Waals surface area (Å²) in [4.78, 5) is 36.4. The molecule has 0 saturated heterocycles. The molecule has 0 bridgehead atoms. The maximum absolute atomic E-state index is 12.1. The van der Waals surface area contributed by atoms with Gasteiger partial charge in [0.1, 0.15) is 0 Å². The number of thioether (sulfide) groups is 1. The molecule has 146 valence electrons. The van der Waals surface area contributed by atoms with Gasteiger partial charge in [0, 0.05) is 27.2 Å². The van der Waals surface area contributed by atoms with E-state index in [2.05, 4.69) is 16.2 Å². The van der Waals surface area contributed by atoms with Crippen LogP contribution in [0.2, 0.25) is 5.02 Å². The van der Waals surface area contributed by atoms with E-state index in [9.17, 15) is 14.4 Å². The van der Waals surface area contributed by atoms with Crippen molar-refractivity contribution in [2.45, 2.75) is 23.5 Å². The fourth-order valence-corrected chi connectivity index (χ4v) is 3.33. The summed E-state index contributed by atoms with van der Waals surface area (Å²) in [7, 11) is 0. The summed E-state index contributed by atoms with van der Waals surface area (Å²) >= 11 is 7.55. The van der Waals surface area contributed by atoms with E-state index < -0.39 is 11.8 Å². The molecule has 6 nitrogen and oxygen atoms in total. The maximum atomic E-state index is 12.1. The van der Waals surface area contributed by atoms with Crippen molar-refractivity contribution in [2.75, 3.05) is 6.54 Å². The van der Waals surface area contributed by atoms with Crippen LogP contribution in [0, 0.1) is 5.92 Å². The molecule has 1 fully saturated rings. The van der Waals surface area contributed by atoms with Gasteiger partial charge in [0.05, 0.1) is 6.54 Å². The topological polar surface area (TPSA) is 87.3 Å². The van der Waals surface area contributed by atoms with E-state index in [0.29, 0.717) is 10.6 Å². The summed E-state index contributed by atoms with van der Waals surface area (Å²) in [5, 5.41) is 3.24. The lowest BCUT2D eigenvalue weighted by molar-refractivity contribution is -0.127. The molecule has 0 radical (unpaired) electrons. The van der Waals surface area contributed by atoms with Gasteiger partial charge in [0.15, 0.2) is 0 Å². The lowest BCUT2D eigenvalue weighted by Crippen LogP contribution is -2.46. The monoisotopic (exact) mass is 417 g/mol. The Bertz CT molecular complexity index is 852. The Kier molecular flexibility index (Phi) is 6.95. The Hall–Kier alpha value is -2.51. The first-order valence-electron chi connectivity index (χ1n) is 8.85. The molecule has 2 aromatic carbocycles. The van der Waals surface area contributed by atoms with Crippen LogP contribution in [0.15, 0.2) is 53.4 Å². The number of nitrogens with one attached hydrogen (secondary N) is 3. The van der Waals surface area contributed by atoms with E-state index in [1.165, 1.54) is 0 Å². The van der Waals surface area contributed by atoms with Crippen molar-refractivity contribution >= 4 is 41.1 Å². The van der Waals surface area contributed by atoms with Crippen LogP contribution in [0.3, 0.4) is 0 Å². The molecule has 0 unspecified atom stereocenters. The van der Waals surface area contributed by atoms with Gasteiger partial charge in [-0.25, -0.2) is 0 Å². The van der Waals surface area contributed by atoms with Crippen LogP contribution in [0.5, 0.6) is 0 Å². The number of carbonyl (C=O) groups excluding carboxylic acids is 3. The van der Waals surface area contributed by atoms with Crippen LogP contribution in [0.4, 0.5) is 0 Å². The number of hydrazine groups is 1. The molecule has 28 heavy (non-hydrogen) atoms. The third-order valence-corrected chi connectivity index (χ3v) is 5.46. The molecular formula is C20H20ClN3O3S. The van der Waals surface area contributed by atoms with Crippen molar-refractivity contribution in [1.82, 2.24) is 16.2 Å². The van der Waals surface area contributed by atoms with Crippen molar-refractivity contribution < 1.29 is 14.4 Å². The third-order valence-electron chi connectivity index (χ3n) is 4.12. The molecule has 0 atom stereocenters. The zero-order valence-corrected chi connectivity index (χ0v) is 16.6. The van der Waals surface area contributed by atoms with Crippen molar-refractivity contribution in [2.24, 2.45) is 5.92 Å². The zero-order valence-electron chi connectivity index (χ0n) is 15.0. The van der Waals surface area contributed by atoms with E-state index in [1.54, 1.807) is 23.9 Å². The highest BCUT2D eigenvalue weighted by molar-refractivity contribution is 7.98. The normalized spacial score (nSPS) is 12.9. The second kappa shape index (κ2) is 9.61. The molecule has 1 aliphatic rings. The number of rotatable bonds is 7. The first kappa shape index (κ1) is 20.2. The Morgan fingerprint density at radius 3 is 2.29 bits per heavy atom. The molecule has 3 rings (SSSR count). The SMILES string of the molecule is O=C(CNC(=O)C1CC1)NNC(=O)c1ccc(CSc2ccc(Cl)cc2)cc1. The van der Waals surface area contributed by atoms with Crippen molar-refractivity contribution in [3.63, 3.8) is 0 Å². The Balaban J connectivity index is 1.40. The van der Waals surface area contributed by atoms with Gasteiger partial charge >= 0.3 is 0 Å². The maximum Gasteiger partial charge on any atom is 0.269 e. The molecule has 3 N–H and O–H groups in total. The van der Waals surface area contributed by atoms with Gasteiger partial charge in [-0.1, -0.05) is 23.7 Å². The van der Waals surface area contributed by atoms with Crippen LogP contribution in [0.25, 0.3) is 0 Å². The van der Waals surface area contributed by atoms with E-state index in [4.69, 9.17) is 11.6 Å². The number of amides is 3. The average molecular weight is 418 g/mol. The van der Waals surface area contributed by atoms with Crippen molar-refractivity contribution in [3.05, 3.63) is 64.7 Å². The molecule has 1 saturated carbocycles. The summed E-state index contributed by atoms with van der Waals surface area (Å²) in [6.45, 7) is -0.156. The van der Waals surface area contributed by atoms with E-state index >= 15 is 0 Å². The standard InChI is InChI=1S/C20H20ClN3O3S/c21-16-7-9-17(10-8-16)28-12-13-1-3-15(4-2-13)20(27)24-23-18(25)11-22-19(26)14-5-6-14/h1-4,7-10,14H,5-6,11-12H2,(H,22,26)(H,23,25)(H,24,27). The summed E-state index contributed by atoms with van der Waals surface area (Å²) in [6.07, 6.45) is 1.75. The minimum Gasteiger partial charge on any atom is -0.347 e. The zero-order chi connectivity index (χ0) is 19.9. The molecule has 2 aromatic rings. The quantitative estimate of drug-likeness (QED) is 0.477. The summed E-state index contributed by atoms with van der Waals surface area (Å²) < 4.78 is 0. The summed E-state index contributed by atoms with van der Waals surface area (Å²) in [6, 6.07) is 14.8. The van der Waals surface area contributed by atoms with Crippen molar-refractivity contribution in [3.8, 4) is 0 Å². The summed E-state index contributed by atoms with van der Waals surface area (Å²) in [5.41, 5.74) is 6.14. The Labute approximate surface area is 172 Å². The minimum absolute atomic E-state index is 0.0405. The van der Waals surface area contributed by atoms with Crippen LogP contribution < -0.4 is 16.2 Å². The molecule has 0 heterocycles. The predicted molar refractivity (Wildman–Crippen MR) is 109 cm³/mol. The Morgan fingerprint density at radius 2 is 1.64 bits per heavy atom. The van der Waals surface area contributed by atoms with Gasteiger partial charge < -0.3 is 5.32 Å². The Morgan fingerprint density at radius 1 is 0.964 bits per heavy atom. The fourth-order valence-electron chi connectivity index (χ4n) is 2.35. The molecule has 1 aliphatic carbocycles. The van der Waals surface area contributed by atoms with Gasteiger partial charge in [-0.05, 0) is 54.8 Å². The van der Waals surface area contributed by atoms with Crippen molar-refractivity contribution in [1.29, 1.82) is 0 Å². The lowest BCUT2D eigenvalue weighted by Gasteiger charge is -2.09. The van der Waals surface area contributed by atoms with Crippen LogP contribution in [0.1, 0.15) is 28.8 Å². The molecule has 0 spiro atoms. The van der Waals surface area contributed by atoms with Gasteiger partial charge in [0.2, 0.25) is 5.91 Å². The largest absolute Gasteiger partial charge is 0.347 e. The lowest BCUT2D eigenvalue weighted by atomic mass is 10.1. The van der Waals surface area contributed by atoms with Gasteiger partial charge in [-0.15, -0.1) is 11.8 Å². The van der Waals surface area contributed by atoms with Crippen LogP contribution in [-0.2, 0) is 15.3 Å². The van der Waals surface area contributed by atoms with Gasteiger partial charge in [-0.2, -0.15) is 0 Å². The second-order valence-corrected chi connectivity index (χ2v) is 7.92.